The molecule has 2 aromatic heterocycles. The fourth-order valence-corrected chi connectivity index (χ4v) is 3.90. The van der Waals surface area contributed by atoms with E-state index in [1.165, 1.54) is 6.33 Å². The van der Waals surface area contributed by atoms with Crippen molar-refractivity contribution in [1.29, 1.82) is 5.26 Å². The van der Waals surface area contributed by atoms with Gasteiger partial charge in [0.15, 0.2) is 5.65 Å². The predicted molar refractivity (Wildman–Crippen MR) is 124 cm³/mol. The molecule has 0 saturated carbocycles. The van der Waals surface area contributed by atoms with Crippen LogP contribution in [0.2, 0.25) is 0 Å². The Morgan fingerprint density at radius 3 is 2.75 bits per heavy atom. The third-order valence-corrected chi connectivity index (χ3v) is 5.54. The molecular formula is C25H20N6O. The van der Waals surface area contributed by atoms with Crippen LogP contribution in [-0.2, 0) is 0 Å². The van der Waals surface area contributed by atoms with Crippen LogP contribution in [0.25, 0.3) is 22.2 Å². The summed E-state index contributed by atoms with van der Waals surface area (Å²) in [4.78, 5) is 8.83. The molecule has 1 unspecified atom stereocenters. The number of rotatable bonds is 5. The monoisotopic (exact) mass is 420 g/mol. The molecule has 1 aliphatic rings. The number of nitrogens with one attached hydrogen (secondary N) is 2. The highest BCUT2D eigenvalue weighted by Gasteiger charge is 2.21. The number of allylic oxidation sites excluding steroid dienone is 4. The van der Waals surface area contributed by atoms with Crippen molar-refractivity contribution in [3.63, 3.8) is 0 Å². The van der Waals surface area contributed by atoms with Gasteiger partial charge in [-0.05, 0) is 35.8 Å². The zero-order chi connectivity index (χ0) is 21.9. The highest BCUT2D eigenvalue weighted by molar-refractivity contribution is 5.92. The summed E-state index contributed by atoms with van der Waals surface area (Å²) in [5, 5.41) is 20.9. The molecule has 32 heavy (non-hydrogen) atoms. The quantitative estimate of drug-likeness (QED) is 0.456. The Bertz CT molecular complexity index is 1380. The van der Waals surface area contributed by atoms with E-state index >= 15 is 0 Å². The molecule has 2 aromatic carbocycles. The van der Waals surface area contributed by atoms with Gasteiger partial charge in [-0.25, -0.2) is 9.97 Å². The first kappa shape index (κ1) is 19.5. The van der Waals surface area contributed by atoms with Gasteiger partial charge in [-0.1, -0.05) is 48.6 Å². The Morgan fingerprint density at radius 1 is 1.12 bits per heavy atom. The summed E-state index contributed by atoms with van der Waals surface area (Å²) in [5.41, 5.74) is 5.14. The largest absolute Gasteiger partial charge is 0.495 e. The lowest BCUT2D eigenvalue weighted by atomic mass is 9.93. The minimum Gasteiger partial charge on any atom is -0.495 e. The van der Waals surface area contributed by atoms with E-state index in [-0.39, 0.29) is 5.92 Å². The van der Waals surface area contributed by atoms with E-state index in [2.05, 4.69) is 43.7 Å². The van der Waals surface area contributed by atoms with Crippen molar-refractivity contribution in [3.05, 3.63) is 84.4 Å². The first-order valence-corrected chi connectivity index (χ1v) is 10.2. The number of nitriles is 1. The predicted octanol–water partition coefficient (Wildman–Crippen LogP) is 5.27. The lowest BCUT2D eigenvalue weighted by Crippen LogP contribution is -2.03. The number of methoxy groups -OCH3 is 1. The molecule has 2 heterocycles. The number of aromatic nitrogens is 4. The Balaban J connectivity index is 1.55. The Morgan fingerprint density at radius 2 is 2.00 bits per heavy atom. The fraction of sp³-hybridized carbons (Fsp3) is 0.120. The molecule has 0 bridgehead atoms. The number of fused-ring (bicyclic) bond motifs is 1. The zero-order valence-electron chi connectivity index (χ0n) is 17.4. The molecule has 0 fully saturated rings. The average Bonchev–Trinajstić information content (AvgIpc) is 3.30. The van der Waals surface area contributed by atoms with Crippen LogP contribution in [-0.4, -0.2) is 27.3 Å². The fourth-order valence-electron chi connectivity index (χ4n) is 3.90. The molecule has 2 N–H and O–H groups in total. The van der Waals surface area contributed by atoms with Crippen molar-refractivity contribution in [2.75, 3.05) is 12.4 Å². The minimum absolute atomic E-state index is 0.0567. The molecule has 0 radical (unpaired) electrons. The van der Waals surface area contributed by atoms with Gasteiger partial charge in [-0.15, -0.1) is 0 Å². The van der Waals surface area contributed by atoms with E-state index in [4.69, 9.17) is 10.00 Å². The van der Waals surface area contributed by atoms with Crippen molar-refractivity contribution < 1.29 is 4.74 Å². The molecule has 1 atom stereocenters. The number of ether oxygens (including phenoxy) is 1. The van der Waals surface area contributed by atoms with E-state index in [9.17, 15) is 0 Å². The molecule has 4 aromatic rings. The van der Waals surface area contributed by atoms with Gasteiger partial charge >= 0.3 is 0 Å². The maximum Gasteiger partial charge on any atom is 0.186 e. The third-order valence-electron chi connectivity index (χ3n) is 5.54. The number of H-pyrrole nitrogens is 1. The highest BCUT2D eigenvalue weighted by atomic mass is 16.5. The molecule has 0 saturated heterocycles. The third kappa shape index (κ3) is 3.59. The number of anilines is 2. The van der Waals surface area contributed by atoms with Crippen molar-refractivity contribution in [3.8, 4) is 22.9 Å². The molecule has 0 aliphatic heterocycles. The smallest absolute Gasteiger partial charge is 0.186 e. The van der Waals surface area contributed by atoms with E-state index < -0.39 is 0 Å². The van der Waals surface area contributed by atoms with Gasteiger partial charge < -0.3 is 10.1 Å². The van der Waals surface area contributed by atoms with Gasteiger partial charge in [0.2, 0.25) is 0 Å². The van der Waals surface area contributed by atoms with E-state index in [0.29, 0.717) is 29.2 Å². The summed E-state index contributed by atoms with van der Waals surface area (Å²) in [7, 11) is 1.65. The molecule has 5 rings (SSSR count). The normalized spacial score (nSPS) is 15.2. The van der Waals surface area contributed by atoms with Gasteiger partial charge in [0, 0.05) is 11.5 Å². The van der Waals surface area contributed by atoms with E-state index in [0.717, 1.165) is 27.9 Å². The first-order chi connectivity index (χ1) is 15.8. The molecule has 156 valence electrons. The summed E-state index contributed by atoms with van der Waals surface area (Å²) in [6, 6.07) is 18.4. The second-order valence-corrected chi connectivity index (χ2v) is 7.44. The van der Waals surface area contributed by atoms with Crippen LogP contribution in [0.4, 0.5) is 11.5 Å². The first-order valence-electron chi connectivity index (χ1n) is 10.2. The van der Waals surface area contributed by atoms with Crippen molar-refractivity contribution in [2.24, 2.45) is 0 Å². The van der Waals surface area contributed by atoms with Gasteiger partial charge in [0.25, 0.3) is 0 Å². The van der Waals surface area contributed by atoms with Crippen LogP contribution in [0.5, 0.6) is 5.75 Å². The van der Waals surface area contributed by atoms with Crippen LogP contribution in [0.3, 0.4) is 0 Å². The number of benzene rings is 2. The van der Waals surface area contributed by atoms with E-state index in [1.807, 2.05) is 54.6 Å². The van der Waals surface area contributed by atoms with Gasteiger partial charge in [-0.2, -0.15) is 10.4 Å². The van der Waals surface area contributed by atoms with Crippen molar-refractivity contribution >= 4 is 22.5 Å². The standard InChI is InChI=1S/C25H20N6O/c1-32-21-12-11-19(17-5-3-2-4-6-17)13-20(21)29-24-22-23(30-31-25(22)28-15-27-24)18-9-7-16(14-26)8-10-18/h2-9,11-13,15,18H,10H2,1H3,(H2,27,28,29,30,31). The summed E-state index contributed by atoms with van der Waals surface area (Å²) in [6.45, 7) is 0. The molecule has 7 heteroatoms. The van der Waals surface area contributed by atoms with E-state index in [1.54, 1.807) is 7.11 Å². The average molecular weight is 420 g/mol. The lowest BCUT2D eigenvalue weighted by molar-refractivity contribution is 0.417. The van der Waals surface area contributed by atoms with Gasteiger partial charge in [0.05, 0.1) is 29.9 Å². The summed E-state index contributed by atoms with van der Waals surface area (Å²) in [5.74, 6) is 1.41. The van der Waals surface area contributed by atoms with Crippen molar-refractivity contribution in [2.45, 2.75) is 12.3 Å². The number of hydrogen-bond acceptors (Lipinski definition) is 6. The summed E-state index contributed by atoms with van der Waals surface area (Å²) < 4.78 is 5.59. The summed E-state index contributed by atoms with van der Waals surface area (Å²) in [6.07, 6.45) is 7.98. The lowest BCUT2D eigenvalue weighted by Gasteiger charge is -2.16. The maximum atomic E-state index is 9.11. The molecular weight excluding hydrogens is 400 g/mol. The number of aromatic amines is 1. The molecule has 0 amide bonds. The van der Waals surface area contributed by atoms with Crippen LogP contribution in [0, 0.1) is 11.3 Å². The van der Waals surface area contributed by atoms with Gasteiger partial charge in [-0.3, -0.25) is 5.10 Å². The number of hydrogen-bond donors (Lipinski definition) is 2. The Labute approximate surface area is 185 Å². The van der Waals surface area contributed by atoms with Crippen molar-refractivity contribution in [1.82, 2.24) is 20.2 Å². The Hall–Kier alpha value is -4.44. The highest BCUT2D eigenvalue weighted by Crippen LogP contribution is 2.37. The van der Waals surface area contributed by atoms with Crippen LogP contribution in [0.15, 0.2) is 78.7 Å². The minimum atomic E-state index is 0.0567. The zero-order valence-corrected chi connectivity index (χ0v) is 17.4. The second kappa shape index (κ2) is 8.36. The topological polar surface area (TPSA) is 99.5 Å². The van der Waals surface area contributed by atoms with Crippen LogP contribution in [0.1, 0.15) is 18.0 Å². The maximum absolute atomic E-state index is 9.11. The second-order valence-electron chi connectivity index (χ2n) is 7.44. The molecule has 0 spiro atoms. The van der Waals surface area contributed by atoms with Gasteiger partial charge in [0.1, 0.15) is 17.9 Å². The summed E-state index contributed by atoms with van der Waals surface area (Å²) >= 11 is 0. The van der Waals surface area contributed by atoms with Crippen LogP contribution < -0.4 is 10.1 Å². The molecule has 1 aliphatic carbocycles. The number of nitrogens with zero attached hydrogens (tertiary/aromatic N) is 4. The Kier molecular flexibility index (Phi) is 5.10. The SMILES string of the molecule is COc1ccc(-c2ccccc2)cc1Nc1ncnc2n[nH]c(C3C=CC(C#N)=CC3)c12. The molecule has 7 nitrogen and oxygen atoms in total. The van der Waals surface area contributed by atoms with Crippen LogP contribution >= 0.6 is 0 Å².